The van der Waals surface area contributed by atoms with Crippen LogP contribution in [0.4, 0.5) is 0 Å². The second-order valence-electron chi connectivity index (χ2n) is 4.06. The summed E-state index contributed by atoms with van der Waals surface area (Å²) in [5, 5.41) is 2.92. The largest absolute Gasteiger partial charge is 0.493 e. The summed E-state index contributed by atoms with van der Waals surface area (Å²) in [7, 11) is 0. The second-order valence-corrected chi connectivity index (χ2v) is 4.44. The lowest BCUT2D eigenvalue weighted by Gasteiger charge is -2.25. The molecule has 17 heavy (non-hydrogen) atoms. The van der Waals surface area contributed by atoms with Gasteiger partial charge in [-0.2, -0.15) is 0 Å². The molecule has 0 spiro atoms. The highest BCUT2D eigenvalue weighted by molar-refractivity contribution is 6.17. The van der Waals surface area contributed by atoms with E-state index in [1.54, 1.807) is 0 Å². The molecule has 0 aromatic heterocycles. The van der Waals surface area contributed by atoms with Gasteiger partial charge in [0, 0.05) is 18.0 Å². The molecule has 1 N–H and O–H groups in total. The average Bonchev–Trinajstić information content (AvgIpc) is 2.38. The van der Waals surface area contributed by atoms with Crippen molar-refractivity contribution in [1.82, 2.24) is 5.32 Å². The number of hydrogen-bond acceptors (Lipinski definition) is 2. The van der Waals surface area contributed by atoms with Crippen LogP contribution in [-0.4, -0.2) is 24.9 Å². The van der Waals surface area contributed by atoms with Gasteiger partial charge < -0.3 is 10.1 Å². The standard InChI is InChI=1S/C13H16ClNO2/c14-7-3-8-15-13(16)11-6-9-17-12-5-2-1-4-10(11)12/h1-2,4-5,11H,3,6-9H2,(H,15,16). The maximum Gasteiger partial charge on any atom is 0.227 e. The molecule has 1 atom stereocenters. The summed E-state index contributed by atoms with van der Waals surface area (Å²) >= 11 is 5.58. The van der Waals surface area contributed by atoms with Crippen LogP contribution in [-0.2, 0) is 4.79 Å². The molecule has 0 saturated heterocycles. The van der Waals surface area contributed by atoms with Gasteiger partial charge >= 0.3 is 0 Å². The first kappa shape index (κ1) is 12.2. The van der Waals surface area contributed by atoms with Crippen LogP contribution < -0.4 is 10.1 Å². The number of fused-ring (bicyclic) bond motifs is 1. The summed E-state index contributed by atoms with van der Waals surface area (Å²) in [5.41, 5.74) is 0.988. The first-order valence-electron chi connectivity index (χ1n) is 5.88. The van der Waals surface area contributed by atoms with Crippen molar-refractivity contribution in [1.29, 1.82) is 0 Å². The number of rotatable bonds is 4. The molecule has 0 bridgehead atoms. The number of benzene rings is 1. The fourth-order valence-electron chi connectivity index (χ4n) is 2.02. The minimum Gasteiger partial charge on any atom is -0.493 e. The van der Waals surface area contributed by atoms with Crippen LogP contribution in [0.1, 0.15) is 24.3 Å². The number of halogens is 1. The Labute approximate surface area is 106 Å². The molecule has 1 amide bonds. The van der Waals surface area contributed by atoms with E-state index in [1.165, 1.54) is 0 Å². The molecular formula is C13H16ClNO2. The predicted molar refractivity (Wildman–Crippen MR) is 67.6 cm³/mol. The molecule has 1 aromatic carbocycles. The number of para-hydroxylation sites is 1. The number of carbonyl (C=O) groups is 1. The highest BCUT2D eigenvalue weighted by Crippen LogP contribution is 2.33. The molecule has 1 aliphatic heterocycles. The summed E-state index contributed by atoms with van der Waals surface area (Å²) in [6.07, 6.45) is 1.54. The second kappa shape index (κ2) is 5.92. The van der Waals surface area contributed by atoms with Gasteiger partial charge in [-0.05, 0) is 18.9 Å². The van der Waals surface area contributed by atoms with Crippen LogP contribution in [0.5, 0.6) is 5.75 Å². The van der Waals surface area contributed by atoms with Gasteiger partial charge in [0.25, 0.3) is 0 Å². The van der Waals surface area contributed by atoms with E-state index >= 15 is 0 Å². The van der Waals surface area contributed by atoms with Crippen LogP contribution in [0.3, 0.4) is 0 Å². The summed E-state index contributed by atoms with van der Waals surface area (Å²) in [4.78, 5) is 12.0. The smallest absolute Gasteiger partial charge is 0.227 e. The minimum atomic E-state index is -0.0877. The minimum absolute atomic E-state index is 0.0749. The number of carbonyl (C=O) groups excluding carboxylic acids is 1. The van der Waals surface area contributed by atoms with Crippen LogP contribution in [0.15, 0.2) is 24.3 Å². The van der Waals surface area contributed by atoms with Crippen molar-refractivity contribution in [3.05, 3.63) is 29.8 Å². The van der Waals surface area contributed by atoms with Crippen LogP contribution in [0, 0.1) is 0 Å². The van der Waals surface area contributed by atoms with Crippen molar-refractivity contribution in [2.75, 3.05) is 19.0 Å². The monoisotopic (exact) mass is 253 g/mol. The van der Waals surface area contributed by atoms with Crippen molar-refractivity contribution in [3.63, 3.8) is 0 Å². The number of nitrogens with one attached hydrogen (secondary N) is 1. The van der Waals surface area contributed by atoms with Crippen LogP contribution in [0.25, 0.3) is 0 Å². The van der Waals surface area contributed by atoms with Crippen molar-refractivity contribution in [3.8, 4) is 5.75 Å². The Hall–Kier alpha value is -1.22. The predicted octanol–water partition coefficient (Wildman–Crippen LogP) is 2.30. The van der Waals surface area contributed by atoms with E-state index in [9.17, 15) is 4.79 Å². The molecule has 1 unspecified atom stereocenters. The van der Waals surface area contributed by atoms with E-state index in [2.05, 4.69) is 5.32 Å². The molecule has 1 heterocycles. The van der Waals surface area contributed by atoms with E-state index in [4.69, 9.17) is 16.3 Å². The number of amides is 1. The van der Waals surface area contributed by atoms with E-state index < -0.39 is 0 Å². The van der Waals surface area contributed by atoms with E-state index in [-0.39, 0.29) is 11.8 Å². The Kier molecular flexibility index (Phi) is 4.26. The number of hydrogen-bond donors (Lipinski definition) is 1. The lowest BCUT2D eigenvalue weighted by atomic mass is 9.92. The Morgan fingerprint density at radius 2 is 2.29 bits per heavy atom. The fraction of sp³-hybridized carbons (Fsp3) is 0.462. The van der Waals surface area contributed by atoms with Gasteiger partial charge in [0.15, 0.2) is 0 Å². The van der Waals surface area contributed by atoms with Crippen LogP contribution in [0.2, 0.25) is 0 Å². The Morgan fingerprint density at radius 1 is 1.47 bits per heavy atom. The molecule has 1 aliphatic rings. The Morgan fingerprint density at radius 3 is 3.12 bits per heavy atom. The molecule has 0 aliphatic carbocycles. The lowest BCUT2D eigenvalue weighted by Crippen LogP contribution is -2.33. The van der Waals surface area contributed by atoms with Gasteiger partial charge in [0.05, 0.1) is 12.5 Å². The molecule has 4 heteroatoms. The molecule has 92 valence electrons. The third kappa shape index (κ3) is 2.91. The zero-order valence-electron chi connectivity index (χ0n) is 9.62. The third-order valence-corrected chi connectivity index (χ3v) is 3.15. The van der Waals surface area contributed by atoms with E-state index in [1.807, 2.05) is 24.3 Å². The molecule has 1 aromatic rings. The van der Waals surface area contributed by atoms with E-state index in [0.717, 1.165) is 24.2 Å². The summed E-state index contributed by atoms with van der Waals surface area (Å²) in [5.74, 6) is 1.39. The zero-order valence-corrected chi connectivity index (χ0v) is 10.4. The number of alkyl halides is 1. The Bertz CT molecular complexity index is 395. The van der Waals surface area contributed by atoms with Gasteiger partial charge in [-0.25, -0.2) is 0 Å². The van der Waals surface area contributed by atoms with Crippen molar-refractivity contribution >= 4 is 17.5 Å². The maximum atomic E-state index is 12.0. The van der Waals surface area contributed by atoms with E-state index in [0.29, 0.717) is 19.0 Å². The van der Waals surface area contributed by atoms with Gasteiger partial charge in [0.1, 0.15) is 5.75 Å². The third-order valence-electron chi connectivity index (χ3n) is 2.88. The molecule has 0 saturated carbocycles. The van der Waals surface area contributed by atoms with Crippen LogP contribution >= 0.6 is 11.6 Å². The topological polar surface area (TPSA) is 38.3 Å². The zero-order chi connectivity index (χ0) is 12.1. The average molecular weight is 254 g/mol. The SMILES string of the molecule is O=C(NCCCCl)C1CCOc2ccccc21. The quantitative estimate of drug-likeness (QED) is 0.661. The van der Waals surface area contributed by atoms with Crippen molar-refractivity contribution in [2.45, 2.75) is 18.8 Å². The van der Waals surface area contributed by atoms with Gasteiger partial charge in [0.2, 0.25) is 5.91 Å². The first-order chi connectivity index (χ1) is 8.33. The molecular weight excluding hydrogens is 238 g/mol. The fourth-order valence-corrected chi connectivity index (χ4v) is 2.15. The summed E-state index contributed by atoms with van der Waals surface area (Å²) in [6, 6.07) is 7.73. The molecule has 0 radical (unpaired) electrons. The lowest BCUT2D eigenvalue weighted by molar-refractivity contribution is -0.123. The van der Waals surface area contributed by atoms with Gasteiger partial charge in [-0.3, -0.25) is 4.79 Å². The Balaban J connectivity index is 2.05. The summed E-state index contributed by atoms with van der Waals surface area (Å²) < 4.78 is 5.53. The highest BCUT2D eigenvalue weighted by atomic mass is 35.5. The normalized spacial score (nSPS) is 18.1. The summed E-state index contributed by atoms with van der Waals surface area (Å²) in [6.45, 7) is 1.24. The molecule has 2 rings (SSSR count). The molecule has 0 fully saturated rings. The number of ether oxygens (including phenoxy) is 1. The molecule has 3 nitrogen and oxygen atoms in total. The van der Waals surface area contributed by atoms with Gasteiger partial charge in [-0.15, -0.1) is 11.6 Å². The van der Waals surface area contributed by atoms with Gasteiger partial charge in [-0.1, -0.05) is 18.2 Å². The van der Waals surface area contributed by atoms with Crippen molar-refractivity contribution < 1.29 is 9.53 Å². The highest BCUT2D eigenvalue weighted by Gasteiger charge is 2.26. The maximum absolute atomic E-state index is 12.0. The van der Waals surface area contributed by atoms with Crippen molar-refractivity contribution in [2.24, 2.45) is 0 Å². The first-order valence-corrected chi connectivity index (χ1v) is 6.42.